The first-order valence-corrected chi connectivity index (χ1v) is 5.74. The molecule has 0 spiro atoms. The second-order valence-electron chi connectivity index (χ2n) is 3.66. The van der Waals surface area contributed by atoms with E-state index in [2.05, 4.69) is 22.1 Å². The summed E-state index contributed by atoms with van der Waals surface area (Å²) < 4.78 is 5.27. The zero-order valence-electron chi connectivity index (χ0n) is 11.1. The fourth-order valence-corrected chi connectivity index (χ4v) is 1.43. The van der Waals surface area contributed by atoms with E-state index >= 15 is 0 Å². The maximum absolute atomic E-state index is 11.4. The van der Waals surface area contributed by atoms with E-state index in [1.807, 2.05) is 5.43 Å². The molecule has 1 aromatic heterocycles. The van der Waals surface area contributed by atoms with Crippen LogP contribution < -0.4 is 16.5 Å². The fraction of sp³-hybridized carbons (Fsp3) is 0.0833. The Bertz CT molecular complexity index is 583. The quantitative estimate of drug-likeness (QED) is 0.225. The van der Waals surface area contributed by atoms with Crippen molar-refractivity contribution in [3.05, 3.63) is 42.1 Å². The van der Waals surface area contributed by atoms with E-state index in [0.717, 1.165) is 6.21 Å². The lowest BCUT2D eigenvalue weighted by atomic mass is 10.1. The molecule has 1 heterocycles. The van der Waals surface area contributed by atoms with Crippen LogP contribution in [0.3, 0.4) is 0 Å². The Morgan fingerprint density at radius 3 is 2.95 bits per heavy atom. The minimum Gasteiger partial charge on any atom is -0.474 e. The summed E-state index contributed by atoms with van der Waals surface area (Å²) in [6.45, 7) is 3.71. The number of pyridine rings is 1. The molecule has 110 valence electrons. The van der Waals surface area contributed by atoms with Crippen LogP contribution in [0.4, 0.5) is 10.5 Å². The monoisotopic (exact) mass is 289 g/mol. The zero-order valence-corrected chi connectivity index (χ0v) is 11.1. The molecule has 1 rings (SSSR count). The van der Waals surface area contributed by atoms with Gasteiger partial charge in [-0.05, 0) is 0 Å². The lowest BCUT2D eigenvalue weighted by Crippen LogP contribution is -2.24. The number of rotatable bonds is 7. The van der Waals surface area contributed by atoms with Gasteiger partial charge in [0.05, 0.1) is 11.9 Å². The van der Waals surface area contributed by atoms with Crippen LogP contribution in [0.25, 0.3) is 6.08 Å². The van der Waals surface area contributed by atoms with Gasteiger partial charge in [-0.25, -0.2) is 10.2 Å². The molecule has 0 radical (unpaired) electrons. The van der Waals surface area contributed by atoms with Crippen LogP contribution >= 0.6 is 0 Å². The third-order valence-electron chi connectivity index (χ3n) is 2.35. The number of nitrogens with zero attached hydrogens (tertiary/aromatic N) is 2. The normalized spacial score (nSPS) is 10.4. The van der Waals surface area contributed by atoms with Gasteiger partial charge in [0.2, 0.25) is 0 Å². The Labute approximate surface area is 120 Å². The second-order valence-corrected chi connectivity index (χ2v) is 3.66. The number of anilines is 1. The first kappa shape index (κ1) is 15.8. The summed E-state index contributed by atoms with van der Waals surface area (Å²) in [6, 6.07) is -0.683. The van der Waals surface area contributed by atoms with Gasteiger partial charge in [0.25, 0.3) is 0 Å². The van der Waals surface area contributed by atoms with Gasteiger partial charge in [0.1, 0.15) is 6.61 Å². The van der Waals surface area contributed by atoms with Crippen molar-refractivity contribution in [2.45, 2.75) is 6.61 Å². The Morgan fingerprint density at radius 1 is 1.57 bits per heavy atom. The SMILES string of the molecule is C=Cc1cncc(NC(=O)NN=N)c1COC(N)=CC=N. The lowest BCUT2D eigenvalue weighted by molar-refractivity contribution is 0.197. The summed E-state index contributed by atoms with van der Waals surface area (Å²) in [4.78, 5) is 15.4. The predicted molar refractivity (Wildman–Crippen MR) is 77.5 cm³/mol. The average Bonchev–Trinajstić information content (AvgIpc) is 2.46. The van der Waals surface area contributed by atoms with Crippen molar-refractivity contribution in [3.8, 4) is 0 Å². The maximum Gasteiger partial charge on any atom is 0.341 e. The summed E-state index contributed by atoms with van der Waals surface area (Å²) >= 11 is 0. The highest BCUT2D eigenvalue weighted by Gasteiger charge is 2.11. The number of urea groups is 1. The van der Waals surface area contributed by atoms with Gasteiger partial charge < -0.3 is 21.2 Å². The van der Waals surface area contributed by atoms with E-state index in [9.17, 15) is 4.79 Å². The van der Waals surface area contributed by atoms with Crippen LogP contribution in [0.5, 0.6) is 0 Å². The number of carbonyl (C=O) groups excluding carboxylic acids is 1. The first-order valence-electron chi connectivity index (χ1n) is 5.74. The van der Waals surface area contributed by atoms with Gasteiger partial charge in [-0.1, -0.05) is 17.9 Å². The Morgan fingerprint density at radius 2 is 2.33 bits per heavy atom. The number of ether oxygens (including phenoxy) is 1. The first-order chi connectivity index (χ1) is 10.1. The minimum absolute atomic E-state index is 0.0493. The molecule has 9 heteroatoms. The van der Waals surface area contributed by atoms with E-state index in [4.69, 9.17) is 21.4 Å². The molecule has 0 fully saturated rings. The molecule has 0 aliphatic carbocycles. The smallest absolute Gasteiger partial charge is 0.341 e. The molecule has 0 aliphatic rings. The molecule has 21 heavy (non-hydrogen) atoms. The zero-order chi connectivity index (χ0) is 15.7. The number of nitrogens with two attached hydrogens (primary N) is 1. The predicted octanol–water partition coefficient (Wildman–Crippen LogP) is 1.76. The number of allylic oxidation sites excluding steroid dienone is 1. The number of hydrogen-bond acceptors (Lipinski definition) is 7. The summed E-state index contributed by atoms with van der Waals surface area (Å²) in [5.74, 6) is 0.0633. The third-order valence-corrected chi connectivity index (χ3v) is 2.35. The van der Waals surface area contributed by atoms with E-state index in [-0.39, 0.29) is 12.5 Å². The molecule has 9 nitrogen and oxygen atoms in total. The summed E-state index contributed by atoms with van der Waals surface area (Å²) in [7, 11) is 0. The molecule has 0 saturated heterocycles. The molecule has 0 saturated carbocycles. The Hall–Kier alpha value is -3.23. The maximum atomic E-state index is 11.4. The highest BCUT2D eigenvalue weighted by Crippen LogP contribution is 2.21. The van der Waals surface area contributed by atoms with Crippen molar-refractivity contribution >= 4 is 24.0 Å². The van der Waals surface area contributed by atoms with Crippen LogP contribution in [0.1, 0.15) is 11.1 Å². The molecule has 6 N–H and O–H groups in total. The highest BCUT2D eigenvalue weighted by atomic mass is 16.5. The Kier molecular flexibility index (Phi) is 6.06. The third kappa shape index (κ3) is 4.74. The molecule has 2 amide bonds. The molecular formula is C12H15N7O2. The van der Waals surface area contributed by atoms with Crippen molar-refractivity contribution in [2.75, 3.05) is 5.32 Å². The van der Waals surface area contributed by atoms with E-state index < -0.39 is 6.03 Å². The molecule has 0 aliphatic heterocycles. The van der Waals surface area contributed by atoms with Crippen molar-refractivity contribution in [2.24, 2.45) is 11.0 Å². The van der Waals surface area contributed by atoms with E-state index in [0.29, 0.717) is 16.8 Å². The summed E-state index contributed by atoms with van der Waals surface area (Å²) in [5, 5.41) is 12.1. The number of hydrogen-bond donors (Lipinski definition) is 5. The fourth-order valence-electron chi connectivity index (χ4n) is 1.43. The van der Waals surface area contributed by atoms with Crippen molar-refractivity contribution in [3.63, 3.8) is 0 Å². The van der Waals surface area contributed by atoms with E-state index in [1.54, 1.807) is 12.3 Å². The molecule has 0 bridgehead atoms. The number of carbonyl (C=O) groups is 1. The molecule has 0 aromatic carbocycles. The molecular weight excluding hydrogens is 274 g/mol. The van der Waals surface area contributed by atoms with Crippen LogP contribution in [0, 0.1) is 10.9 Å². The number of nitrogens with one attached hydrogen (secondary N) is 4. The van der Waals surface area contributed by atoms with Crippen LogP contribution in [0.2, 0.25) is 0 Å². The lowest BCUT2D eigenvalue weighted by Gasteiger charge is -2.13. The van der Waals surface area contributed by atoms with Crippen molar-refractivity contribution < 1.29 is 9.53 Å². The second kappa shape index (κ2) is 8.04. The van der Waals surface area contributed by atoms with Crippen LogP contribution in [0.15, 0.2) is 36.2 Å². The summed E-state index contributed by atoms with van der Waals surface area (Å²) in [5.41, 5.74) is 15.6. The highest BCUT2D eigenvalue weighted by molar-refractivity contribution is 5.90. The van der Waals surface area contributed by atoms with E-state index in [1.165, 1.54) is 12.3 Å². The summed E-state index contributed by atoms with van der Waals surface area (Å²) in [6.07, 6.45) is 6.82. The number of amides is 2. The van der Waals surface area contributed by atoms with Crippen LogP contribution in [-0.2, 0) is 11.3 Å². The van der Waals surface area contributed by atoms with Crippen molar-refractivity contribution in [1.29, 1.82) is 10.9 Å². The number of aromatic nitrogens is 1. The molecule has 0 unspecified atom stereocenters. The van der Waals surface area contributed by atoms with Gasteiger partial charge in [-0.3, -0.25) is 4.98 Å². The van der Waals surface area contributed by atoms with Crippen molar-refractivity contribution in [1.82, 2.24) is 10.4 Å². The van der Waals surface area contributed by atoms with Gasteiger partial charge >= 0.3 is 6.03 Å². The standard InChI is InChI=1S/C12H15N7O2/c1-2-8-5-16-6-10(17-12(20)18-19-15)9(8)7-21-11(14)3-4-13/h2-6,13H,1,7,14H2,(H3,15,17,18,20). The Balaban J connectivity index is 2.99. The van der Waals surface area contributed by atoms with Gasteiger partial charge in [-0.15, -0.1) is 0 Å². The van der Waals surface area contributed by atoms with Gasteiger partial charge in [0.15, 0.2) is 5.88 Å². The molecule has 0 atom stereocenters. The van der Waals surface area contributed by atoms with Crippen LogP contribution in [-0.4, -0.2) is 17.2 Å². The average molecular weight is 289 g/mol. The van der Waals surface area contributed by atoms with Gasteiger partial charge in [-0.2, -0.15) is 5.53 Å². The largest absolute Gasteiger partial charge is 0.474 e. The molecule has 1 aromatic rings. The minimum atomic E-state index is -0.683. The topological polar surface area (TPSA) is 149 Å². The van der Waals surface area contributed by atoms with Gasteiger partial charge in [0, 0.05) is 29.6 Å².